The normalized spacial score (nSPS) is 11.9. The van der Waals surface area contributed by atoms with Crippen LogP contribution in [0.25, 0.3) is 0 Å². The Bertz CT molecular complexity index is 676. The molecule has 0 fully saturated rings. The van der Waals surface area contributed by atoms with Crippen LogP contribution in [-0.4, -0.2) is 49.5 Å². The van der Waals surface area contributed by atoms with Gasteiger partial charge in [0.1, 0.15) is 6.54 Å². The quantitative estimate of drug-likeness (QED) is 0.459. The molecule has 0 aromatic carbocycles. The number of unbranched alkanes of at least 4 members (excludes halogenated alkanes) is 2. The fourth-order valence-corrected chi connectivity index (χ4v) is 2.25. The van der Waals surface area contributed by atoms with E-state index in [4.69, 9.17) is 5.73 Å². The Morgan fingerprint density at radius 3 is 2.76 bits per heavy atom. The van der Waals surface area contributed by atoms with Gasteiger partial charge in [-0.15, -0.1) is 10.2 Å². The van der Waals surface area contributed by atoms with Crippen LogP contribution in [0.1, 0.15) is 36.0 Å². The number of hydrogen-bond donors (Lipinski definition) is 2. The van der Waals surface area contributed by atoms with Crippen molar-refractivity contribution in [3.63, 3.8) is 0 Å². The van der Waals surface area contributed by atoms with Gasteiger partial charge in [0.25, 0.3) is 5.91 Å². The molecule has 25 heavy (non-hydrogen) atoms. The number of amides is 1. The van der Waals surface area contributed by atoms with Gasteiger partial charge in [-0.3, -0.25) is 9.59 Å². The third-order valence-corrected chi connectivity index (χ3v) is 3.57. The Hall–Kier alpha value is -2.75. The molecule has 1 amide bonds. The summed E-state index contributed by atoms with van der Waals surface area (Å²) in [5, 5.41) is 13.7. The number of nitrogens with one attached hydrogen (secondary N) is 1. The maximum Gasteiger partial charge on any atom is 0.253 e. The van der Waals surface area contributed by atoms with Crippen LogP contribution in [0.3, 0.4) is 0 Å². The maximum atomic E-state index is 12.9. The molecule has 2 aromatic heterocycles. The molecule has 0 unspecified atom stereocenters. The molecule has 1 atom stereocenters. The number of aromatic nitrogens is 5. The Kier molecular flexibility index (Phi) is 7.08. The van der Waals surface area contributed by atoms with E-state index in [1.54, 1.807) is 0 Å². The zero-order chi connectivity index (χ0) is 18.1. The second-order valence-corrected chi connectivity index (χ2v) is 5.47. The molecular weight excluding hydrogens is 329 g/mol. The number of carbonyl (C=O) groups is 2. The number of pyridine rings is 1. The zero-order valence-electron chi connectivity index (χ0n) is 13.6. The highest BCUT2D eigenvalue weighted by atomic mass is 19.1. The Morgan fingerprint density at radius 2 is 2.12 bits per heavy atom. The van der Waals surface area contributed by atoms with Crippen LogP contribution in [-0.2, 0) is 11.3 Å². The summed E-state index contributed by atoms with van der Waals surface area (Å²) in [5.41, 5.74) is 5.64. The summed E-state index contributed by atoms with van der Waals surface area (Å²) >= 11 is 0. The average Bonchev–Trinajstić information content (AvgIpc) is 3.11. The van der Waals surface area contributed by atoms with E-state index in [0.29, 0.717) is 13.0 Å². The zero-order valence-corrected chi connectivity index (χ0v) is 13.6. The predicted molar refractivity (Wildman–Crippen MR) is 85.8 cm³/mol. The van der Waals surface area contributed by atoms with Crippen LogP contribution in [0.4, 0.5) is 4.39 Å². The summed E-state index contributed by atoms with van der Waals surface area (Å²) in [6.07, 6.45) is 5.26. The van der Waals surface area contributed by atoms with Gasteiger partial charge in [0.2, 0.25) is 5.95 Å². The largest absolute Gasteiger partial charge is 0.342 e. The molecular formula is C15H20FN7O2. The van der Waals surface area contributed by atoms with Crippen molar-refractivity contribution in [3.8, 4) is 0 Å². The number of tetrazole rings is 1. The highest BCUT2D eigenvalue weighted by Crippen LogP contribution is 2.07. The van der Waals surface area contributed by atoms with Crippen molar-refractivity contribution < 1.29 is 14.0 Å². The van der Waals surface area contributed by atoms with Gasteiger partial charge in [-0.1, -0.05) is 12.8 Å². The van der Waals surface area contributed by atoms with Gasteiger partial charge < -0.3 is 11.1 Å². The number of rotatable bonds is 10. The number of ketones is 1. The standard InChI is InChI=1S/C15H20FN7O2/c16-14-6-5-11(8-18-14)15(25)21-12(4-2-1-3-7-17)13(24)9-23-20-10-19-22-23/h5-6,8,10,12H,1-4,7,9,17H2,(H,21,25)/t12-/m0/s1. The predicted octanol–water partition coefficient (Wildman–Crippen LogP) is 0.0940. The first-order valence-electron chi connectivity index (χ1n) is 7.96. The first-order valence-corrected chi connectivity index (χ1v) is 7.96. The minimum Gasteiger partial charge on any atom is -0.342 e. The second-order valence-electron chi connectivity index (χ2n) is 5.47. The summed E-state index contributed by atoms with van der Waals surface area (Å²) in [6.45, 7) is 0.485. The van der Waals surface area contributed by atoms with Crippen molar-refractivity contribution in [2.75, 3.05) is 6.54 Å². The minimum absolute atomic E-state index is 0.0937. The third-order valence-electron chi connectivity index (χ3n) is 3.57. The van der Waals surface area contributed by atoms with Gasteiger partial charge in [0.05, 0.1) is 11.6 Å². The van der Waals surface area contributed by atoms with Crippen molar-refractivity contribution in [2.45, 2.75) is 38.3 Å². The van der Waals surface area contributed by atoms with E-state index in [-0.39, 0.29) is 17.9 Å². The van der Waals surface area contributed by atoms with E-state index in [9.17, 15) is 14.0 Å². The molecule has 0 saturated carbocycles. The van der Waals surface area contributed by atoms with Gasteiger partial charge >= 0.3 is 0 Å². The lowest BCUT2D eigenvalue weighted by Gasteiger charge is -2.17. The smallest absolute Gasteiger partial charge is 0.253 e. The number of nitrogens with zero attached hydrogens (tertiary/aromatic N) is 5. The van der Waals surface area contributed by atoms with Crippen LogP contribution < -0.4 is 11.1 Å². The number of halogens is 1. The minimum atomic E-state index is -0.707. The molecule has 0 aliphatic heterocycles. The van der Waals surface area contributed by atoms with Crippen LogP contribution >= 0.6 is 0 Å². The lowest BCUT2D eigenvalue weighted by molar-refractivity contribution is -0.122. The Labute approximate surface area is 143 Å². The van der Waals surface area contributed by atoms with Crippen molar-refractivity contribution in [2.24, 2.45) is 5.73 Å². The summed E-state index contributed by atoms with van der Waals surface area (Å²) in [7, 11) is 0. The van der Waals surface area contributed by atoms with Gasteiger partial charge in [-0.2, -0.15) is 9.19 Å². The molecule has 0 aliphatic carbocycles. The number of nitrogens with two attached hydrogens (primary N) is 1. The summed E-state index contributed by atoms with van der Waals surface area (Å²) < 4.78 is 12.9. The van der Waals surface area contributed by atoms with Crippen LogP contribution in [0.5, 0.6) is 0 Å². The first kappa shape index (κ1) is 18.6. The summed E-state index contributed by atoms with van der Waals surface area (Å²) in [5.74, 6) is -1.41. The van der Waals surface area contributed by atoms with E-state index >= 15 is 0 Å². The average molecular weight is 349 g/mol. The van der Waals surface area contributed by atoms with E-state index in [1.165, 1.54) is 12.4 Å². The molecule has 3 N–H and O–H groups in total. The van der Waals surface area contributed by atoms with Crippen LogP contribution in [0.15, 0.2) is 24.7 Å². The number of Topliss-reactive ketones (excluding diaryl/α,β-unsaturated/α-hetero) is 1. The van der Waals surface area contributed by atoms with E-state index in [2.05, 4.69) is 25.7 Å². The third kappa shape index (κ3) is 5.99. The fourth-order valence-electron chi connectivity index (χ4n) is 2.25. The number of carbonyl (C=O) groups excluding carboxylic acids is 2. The molecule has 2 heterocycles. The molecule has 10 heteroatoms. The number of hydrogen-bond acceptors (Lipinski definition) is 7. The monoisotopic (exact) mass is 349 g/mol. The van der Waals surface area contributed by atoms with E-state index in [0.717, 1.165) is 36.3 Å². The molecule has 0 spiro atoms. The van der Waals surface area contributed by atoms with Crippen molar-refractivity contribution in [3.05, 3.63) is 36.2 Å². The maximum absolute atomic E-state index is 12.9. The second kappa shape index (κ2) is 9.52. The van der Waals surface area contributed by atoms with E-state index < -0.39 is 17.9 Å². The van der Waals surface area contributed by atoms with Crippen molar-refractivity contribution >= 4 is 11.7 Å². The van der Waals surface area contributed by atoms with Gasteiger partial charge in [0.15, 0.2) is 12.1 Å². The van der Waals surface area contributed by atoms with Gasteiger partial charge in [-0.25, -0.2) is 4.98 Å². The molecule has 0 saturated heterocycles. The Balaban J connectivity index is 2.00. The molecule has 0 bridgehead atoms. The van der Waals surface area contributed by atoms with Gasteiger partial charge in [-0.05, 0) is 36.7 Å². The van der Waals surface area contributed by atoms with Crippen molar-refractivity contribution in [1.29, 1.82) is 0 Å². The molecule has 2 aromatic rings. The highest BCUT2D eigenvalue weighted by Gasteiger charge is 2.22. The van der Waals surface area contributed by atoms with Crippen molar-refractivity contribution in [1.82, 2.24) is 30.5 Å². The SMILES string of the molecule is NCCCCC[C@H](NC(=O)c1ccc(F)nc1)C(=O)Cn1ncnn1. The summed E-state index contributed by atoms with van der Waals surface area (Å²) in [6, 6.07) is 1.69. The lowest BCUT2D eigenvalue weighted by Crippen LogP contribution is -2.42. The first-order chi connectivity index (χ1) is 12.1. The Morgan fingerprint density at radius 1 is 1.28 bits per heavy atom. The molecule has 9 nitrogen and oxygen atoms in total. The molecule has 2 rings (SSSR count). The molecule has 0 aliphatic rings. The molecule has 134 valence electrons. The summed E-state index contributed by atoms with van der Waals surface area (Å²) in [4.78, 5) is 29.3. The lowest BCUT2D eigenvalue weighted by atomic mass is 10.0. The van der Waals surface area contributed by atoms with Crippen LogP contribution in [0, 0.1) is 5.95 Å². The van der Waals surface area contributed by atoms with Crippen LogP contribution in [0.2, 0.25) is 0 Å². The van der Waals surface area contributed by atoms with E-state index in [1.807, 2.05) is 0 Å². The topological polar surface area (TPSA) is 129 Å². The highest BCUT2D eigenvalue weighted by molar-refractivity contribution is 5.97. The molecule has 0 radical (unpaired) electrons. The van der Waals surface area contributed by atoms with Gasteiger partial charge in [0, 0.05) is 6.20 Å². The fraction of sp³-hybridized carbons (Fsp3) is 0.467.